The zero-order valence-electron chi connectivity index (χ0n) is 13.5. The maximum atomic E-state index is 12.0. The molecule has 0 spiro atoms. The van der Waals surface area contributed by atoms with E-state index in [2.05, 4.69) is 20.5 Å². The van der Waals surface area contributed by atoms with E-state index in [1.165, 1.54) is 36.3 Å². The summed E-state index contributed by atoms with van der Waals surface area (Å²) in [5.74, 6) is -0.849. The molecule has 1 aromatic carbocycles. The number of imidazole rings is 1. The van der Waals surface area contributed by atoms with Gasteiger partial charge in [-0.2, -0.15) is 5.10 Å². The topological polar surface area (TPSA) is 155 Å². The molecule has 11 nitrogen and oxygen atoms in total. The second kappa shape index (κ2) is 6.55. The Bertz CT molecular complexity index is 1140. The minimum atomic E-state index is -0.647. The van der Waals surface area contributed by atoms with E-state index in [0.29, 0.717) is 5.56 Å². The van der Waals surface area contributed by atoms with Crippen LogP contribution in [0.5, 0.6) is 11.5 Å². The van der Waals surface area contributed by atoms with Gasteiger partial charge in [0.15, 0.2) is 11.2 Å². The summed E-state index contributed by atoms with van der Waals surface area (Å²) in [6, 6.07) is 3.91. The molecule has 0 aliphatic heterocycles. The van der Waals surface area contributed by atoms with Gasteiger partial charge in [-0.3, -0.25) is 19.1 Å². The Morgan fingerprint density at radius 2 is 2.15 bits per heavy atom. The van der Waals surface area contributed by atoms with Crippen LogP contribution < -0.4 is 16.7 Å². The molecule has 0 radical (unpaired) electrons. The normalized spacial score (nSPS) is 11.3. The zero-order valence-corrected chi connectivity index (χ0v) is 13.5. The van der Waals surface area contributed by atoms with Gasteiger partial charge in [0.1, 0.15) is 18.0 Å². The standard InChI is InChI=1S/C15H14N6O5/c1-20-13-12(14(25)18-15(20)26)21(7-16-13)6-11(24)19-17-5-8-2-3-9(22)4-10(8)23/h2-5,7,22-23H,6H2,1H3,(H,19,24)(H,18,25,26)/b17-5-. The average molecular weight is 358 g/mol. The number of aromatic nitrogens is 4. The first-order valence-electron chi connectivity index (χ1n) is 7.35. The third-order valence-corrected chi connectivity index (χ3v) is 3.60. The predicted octanol–water partition coefficient (Wildman–Crippen LogP) is -1.02. The van der Waals surface area contributed by atoms with Crippen LogP contribution in [0.4, 0.5) is 0 Å². The lowest BCUT2D eigenvalue weighted by Gasteiger charge is -2.03. The number of aromatic hydroxyl groups is 2. The van der Waals surface area contributed by atoms with E-state index in [1.54, 1.807) is 0 Å². The number of phenols is 2. The fraction of sp³-hybridized carbons (Fsp3) is 0.133. The highest BCUT2D eigenvalue weighted by Gasteiger charge is 2.13. The summed E-state index contributed by atoms with van der Waals surface area (Å²) in [4.78, 5) is 41.6. The molecule has 3 aromatic rings. The van der Waals surface area contributed by atoms with Crippen molar-refractivity contribution < 1.29 is 15.0 Å². The number of fused-ring (bicyclic) bond motifs is 1. The van der Waals surface area contributed by atoms with Crippen LogP contribution in [0.2, 0.25) is 0 Å². The highest BCUT2D eigenvalue weighted by molar-refractivity contribution is 5.85. The van der Waals surface area contributed by atoms with Crippen LogP contribution in [0.3, 0.4) is 0 Å². The Balaban J connectivity index is 1.76. The summed E-state index contributed by atoms with van der Waals surface area (Å²) >= 11 is 0. The molecule has 0 atom stereocenters. The second-order valence-corrected chi connectivity index (χ2v) is 5.40. The SMILES string of the molecule is Cn1c(=O)[nH]c(=O)c2c1ncn2CC(=O)N/N=C\c1ccc(O)cc1O. The number of carbonyl (C=O) groups excluding carboxylic acids is 1. The number of carbonyl (C=O) groups is 1. The quantitative estimate of drug-likeness (QED) is 0.346. The molecule has 4 N–H and O–H groups in total. The van der Waals surface area contributed by atoms with E-state index in [0.717, 1.165) is 10.6 Å². The number of aromatic amines is 1. The molecule has 134 valence electrons. The van der Waals surface area contributed by atoms with Gasteiger partial charge in [0.2, 0.25) is 0 Å². The maximum absolute atomic E-state index is 12.0. The lowest BCUT2D eigenvalue weighted by molar-refractivity contribution is -0.121. The number of hydrazone groups is 1. The fourth-order valence-corrected chi connectivity index (χ4v) is 2.31. The van der Waals surface area contributed by atoms with Crippen molar-refractivity contribution in [2.45, 2.75) is 6.54 Å². The Morgan fingerprint density at radius 1 is 1.38 bits per heavy atom. The Morgan fingerprint density at radius 3 is 2.88 bits per heavy atom. The number of hydrogen-bond acceptors (Lipinski definition) is 7. The van der Waals surface area contributed by atoms with Crippen molar-refractivity contribution in [2.24, 2.45) is 12.1 Å². The van der Waals surface area contributed by atoms with E-state index < -0.39 is 17.2 Å². The number of amides is 1. The van der Waals surface area contributed by atoms with E-state index in [1.807, 2.05) is 0 Å². The third-order valence-electron chi connectivity index (χ3n) is 3.60. The molecule has 0 saturated carbocycles. The lowest BCUT2D eigenvalue weighted by atomic mass is 10.2. The van der Waals surface area contributed by atoms with Crippen LogP contribution in [-0.4, -0.2) is 41.4 Å². The summed E-state index contributed by atoms with van der Waals surface area (Å²) in [6.45, 7) is -0.253. The molecule has 0 unspecified atom stereocenters. The van der Waals surface area contributed by atoms with Crippen LogP contribution in [0.1, 0.15) is 5.56 Å². The van der Waals surface area contributed by atoms with Gasteiger partial charge in [-0.15, -0.1) is 0 Å². The summed E-state index contributed by atoms with van der Waals surface area (Å²) in [6.07, 6.45) is 2.48. The molecule has 11 heteroatoms. The third kappa shape index (κ3) is 3.17. The molecule has 2 heterocycles. The van der Waals surface area contributed by atoms with Gasteiger partial charge in [0, 0.05) is 18.7 Å². The molecule has 0 bridgehead atoms. The molecule has 2 aromatic heterocycles. The zero-order chi connectivity index (χ0) is 18.8. The molecule has 26 heavy (non-hydrogen) atoms. The van der Waals surface area contributed by atoms with Gasteiger partial charge in [0.25, 0.3) is 11.5 Å². The van der Waals surface area contributed by atoms with Gasteiger partial charge in [-0.05, 0) is 12.1 Å². The number of phenolic OH excluding ortho intramolecular Hbond substituents is 2. The second-order valence-electron chi connectivity index (χ2n) is 5.40. The predicted molar refractivity (Wildman–Crippen MR) is 91.1 cm³/mol. The minimum absolute atomic E-state index is 0.0856. The monoisotopic (exact) mass is 358 g/mol. The maximum Gasteiger partial charge on any atom is 0.329 e. The highest BCUT2D eigenvalue weighted by Crippen LogP contribution is 2.20. The smallest absolute Gasteiger partial charge is 0.329 e. The number of aryl methyl sites for hydroxylation is 1. The Kier molecular flexibility index (Phi) is 4.27. The molecule has 0 fully saturated rings. The van der Waals surface area contributed by atoms with Crippen molar-refractivity contribution in [3.8, 4) is 11.5 Å². The summed E-state index contributed by atoms with van der Waals surface area (Å²) < 4.78 is 2.45. The summed E-state index contributed by atoms with van der Waals surface area (Å²) in [5, 5.41) is 22.5. The number of nitrogens with one attached hydrogen (secondary N) is 2. The van der Waals surface area contributed by atoms with Crippen LogP contribution in [-0.2, 0) is 18.4 Å². The van der Waals surface area contributed by atoms with E-state index in [4.69, 9.17) is 0 Å². The van der Waals surface area contributed by atoms with Crippen LogP contribution >= 0.6 is 0 Å². The van der Waals surface area contributed by atoms with E-state index in [9.17, 15) is 24.6 Å². The molecule has 0 aliphatic rings. The molecule has 3 rings (SSSR count). The van der Waals surface area contributed by atoms with Crippen LogP contribution in [0, 0.1) is 0 Å². The van der Waals surface area contributed by atoms with Crippen molar-refractivity contribution >= 4 is 23.3 Å². The first kappa shape index (κ1) is 17.0. The van der Waals surface area contributed by atoms with Gasteiger partial charge >= 0.3 is 5.69 Å². The highest BCUT2D eigenvalue weighted by atomic mass is 16.3. The Labute approximate surface area is 144 Å². The van der Waals surface area contributed by atoms with Gasteiger partial charge in [0.05, 0.1) is 12.5 Å². The summed E-state index contributed by atoms with van der Waals surface area (Å²) in [5.41, 5.74) is 1.54. The number of hydrogen-bond donors (Lipinski definition) is 4. The molecular weight excluding hydrogens is 344 g/mol. The molecule has 0 aliphatic carbocycles. The number of rotatable bonds is 4. The van der Waals surface area contributed by atoms with Gasteiger partial charge in [-0.25, -0.2) is 15.2 Å². The molecule has 1 amide bonds. The van der Waals surface area contributed by atoms with Gasteiger partial charge in [-0.1, -0.05) is 0 Å². The van der Waals surface area contributed by atoms with E-state index in [-0.39, 0.29) is 29.2 Å². The minimum Gasteiger partial charge on any atom is -0.508 e. The fourth-order valence-electron chi connectivity index (χ4n) is 2.31. The largest absolute Gasteiger partial charge is 0.508 e. The first-order valence-corrected chi connectivity index (χ1v) is 7.35. The van der Waals surface area contributed by atoms with Crippen molar-refractivity contribution in [1.29, 1.82) is 0 Å². The lowest BCUT2D eigenvalue weighted by Crippen LogP contribution is -2.30. The van der Waals surface area contributed by atoms with Crippen LogP contribution in [0.25, 0.3) is 11.2 Å². The van der Waals surface area contributed by atoms with Crippen molar-refractivity contribution in [3.05, 3.63) is 50.9 Å². The van der Waals surface area contributed by atoms with Crippen molar-refractivity contribution in [3.63, 3.8) is 0 Å². The average Bonchev–Trinajstić information content (AvgIpc) is 2.99. The first-order chi connectivity index (χ1) is 12.4. The number of nitrogens with zero attached hydrogens (tertiary/aromatic N) is 4. The summed E-state index contributed by atoms with van der Waals surface area (Å²) in [7, 11) is 1.45. The van der Waals surface area contributed by atoms with Crippen LogP contribution in [0.15, 0.2) is 39.2 Å². The van der Waals surface area contributed by atoms with Gasteiger partial charge < -0.3 is 14.8 Å². The Hall–Kier alpha value is -3.89. The van der Waals surface area contributed by atoms with Crippen molar-refractivity contribution in [2.75, 3.05) is 0 Å². The number of H-pyrrole nitrogens is 1. The molecule has 0 saturated heterocycles. The van der Waals surface area contributed by atoms with Crippen molar-refractivity contribution in [1.82, 2.24) is 24.5 Å². The molecular formula is C15H14N6O5. The number of benzene rings is 1. The van der Waals surface area contributed by atoms with E-state index >= 15 is 0 Å².